The SMILES string of the molecule is Nc1nc2cc(Cl)cnc2n1CCc1ncon1. The van der Waals surface area contributed by atoms with E-state index >= 15 is 0 Å². The molecular formula is C10H9ClN6O. The van der Waals surface area contributed by atoms with Crippen LogP contribution in [0.3, 0.4) is 0 Å². The van der Waals surface area contributed by atoms with Crippen molar-refractivity contribution < 1.29 is 4.52 Å². The predicted molar refractivity (Wildman–Crippen MR) is 65.0 cm³/mol. The van der Waals surface area contributed by atoms with Crippen LogP contribution in [-0.2, 0) is 13.0 Å². The van der Waals surface area contributed by atoms with Crippen LogP contribution in [0.4, 0.5) is 5.95 Å². The van der Waals surface area contributed by atoms with Gasteiger partial charge in [-0.15, -0.1) is 0 Å². The van der Waals surface area contributed by atoms with Gasteiger partial charge < -0.3 is 10.3 Å². The summed E-state index contributed by atoms with van der Waals surface area (Å²) < 4.78 is 6.46. The molecule has 0 amide bonds. The number of hydrogen-bond donors (Lipinski definition) is 1. The smallest absolute Gasteiger partial charge is 0.213 e. The van der Waals surface area contributed by atoms with Crippen molar-refractivity contribution in [1.82, 2.24) is 24.7 Å². The van der Waals surface area contributed by atoms with E-state index in [2.05, 4.69) is 24.6 Å². The topological polar surface area (TPSA) is 95.7 Å². The van der Waals surface area contributed by atoms with E-state index in [1.54, 1.807) is 16.8 Å². The Balaban J connectivity index is 1.93. The van der Waals surface area contributed by atoms with Crippen LogP contribution < -0.4 is 5.73 Å². The van der Waals surface area contributed by atoms with Gasteiger partial charge in [0.2, 0.25) is 12.3 Å². The van der Waals surface area contributed by atoms with E-state index in [1.165, 1.54) is 6.39 Å². The van der Waals surface area contributed by atoms with Crippen molar-refractivity contribution in [2.75, 3.05) is 5.73 Å². The summed E-state index contributed by atoms with van der Waals surface area (Å²) >= 11 is 5.85. The summed E-state index contributed by atoms with van der Waals surface area (Å²) in [5.74, 6) is 1.01. The Kier molecular flexibility index (Phi) is 2.60. The summed E-state index contributed by atoms with van der Waals surface area (Å²) in [5, 5.41) is 4.27. The Morgan fingerprint density at radius 2 is 2.28 bits per heavy atom. The highest BCUT2D eigenvalue weighted by Crippen LogP contribution is 2.19. The summed E-state index contributed by atoms with van der Waals surface area (Å²) in [4.78, 5) is 12.4. The first-order valence-corrected chi connectivity index (χ1v) is 5.64. The highest BCUT2D eigenvalue weighted by Gasteiger charge is 2.10. The van der Waals surface area contributed by atoms with Crippen LogP contribution in [0.1, 0.15) is 5.82 Å². The fourth-order valence-corrected chi connectivity index (χ4v) is 1.89. The maximum Gasteiger partial charge on any atom is 0.213 e. The average Bonchev–Trinajstić information content (AvgIpc) is 2.93. The molecule has 0 bridgehead atoms. The van der Waals surface area contributed by atoms with Crippen LogP contribution in [-0.4, -0.2) is 24.7 Å². The summed E-state index contributed by atoms with van der Waals surface area (Å²) in [7, 11) is 0. The number of rotatable bonds is 3. The number of nitrogens with two attached hydrogens (primary N) is 1. The van der Waals surface area contributed by atoms with Gasteiger partial charge >= 0.3 is 0 Å². The highest BCUT2D eigenvalue weighted by molar-refractivity contribution is 6.31. The van der Waals surface area contributed by atoms with Crippen LogP contribution in [0.15, 0.2) is 23.2 Å². The molecule has 18 heavy (non-hydrogen) atoms. The van der Waals surface area contributed by atoms with Crippen LogP contribution in [0.2, 0.25) is 5.02 Å². The van der Waals surface area contributed by atoms with Crippen LogP contribution in [0.25, 0.3) is 11.2 Å². The molecule has 3 heterocycles. The molecule has 0 spiro atoms. The largest absolute Gasteiger partial charge is 0.369 e. The lowest BCUT2D eigenvalue weighted by Crippen LogP contribution is -2.07. The van der Waals surface area contributed by atoms with Gasteiger partial charge in [-0.1, -0.05) is 16.8 Å². The van der Waals surface area contributed by atoms with Crippen molar-refractivity contribution >= 4 is 28.7 Å². The quantitative estimate of drug-likeness (QED) is 0.766. The van der Waals surface area contributed by atoms with E-state index in [9.17, 15) is 0 Å². The minimum atomic E-state index is 0.392. The van der Waals surface area contributed by atoms with Gasteiger partial charge in [0.1, 0.15) is 5.52 Å². The van der Waals surface area contributed by atoms with Gasteiger partial charge in [-0.05, 0) is 6.07 Å². The second-order valence-corrected chi connectivity index (χ2v) is 4.15. The number of fused-ring (bicyclic) bond motifs is 1. The number of anilines is 1. The Morgan fingerprint density at radius 1 is 1.39 bits per heavy atom. The summed E-state index contributed by atoms with van der Waals surface area (Å²) in [6.45, 7) is 0.580. The third kappa shape index (κ3) is 1.88. The van der Waals surface area contributed by atoms with Crippen LogP contribution in [0.5, 0.6) is 0 Å². The zero-order valence-electron chi connectivity index (χ0n) is 9.25. The van der Waals surface area contributed by atoms with Gasteiger partial charge in [0.15, 0.2) is 11.5 Å². The monoisotopic (exact) mass is 264 g/mol. The third-order valence-electron chi connectivity index (χ3n) is 2.55. The molecule has 0 aromatic carbocycles. The summed E-state index contributed by atoms with van der Waals surface area (Å²) in [5.41, 5.74) is 7.22. The molecule has 0 saturated carbocycles. The van der Waals surface area contributed by atoms with Gasteiger partial charge in [0, 0.05) is 19.2 Å². The number of halogens is 1. The number of aromatic nitrogens is 5. The molecule has 0 radical (unpaired) electrons. The van der Waals surface area contributed by atoms with Gasteiger partial charge in [-0.2, -0.15) is 4.98 Å². The summed E-state index contributed by atoms with van der Waals surface area (Å²) in [6, 6.07) is 1.73. The van der Waals surface area contributed by atoms with Crippen molar-refractivity contribution in [3.63, 3.8) is 0 Å². The molecule has 7 nitrogen and oxygen atoms in total. The molecule has 3 aromatic rings. The lowest BCUT2D eigenvalue weighted by atomic mass is 10.4. The van der Waals surface area contributed by atoms with Crippen molar-refractivity contribution in [2.24, 2.45) is 0 Å². The van der Waals surface area contributed by atoms with E-state index < -0.39 is 0 Å². The molecule has 0 aliphatic carbocycles. The molecule has 0 aliphatic rings. The fraction of sp³-hybridized carbons (Fsp3) is 0.200. The Bertz CT molecular complexity index is 677. The molecule has 3 rings (SSSR count). The number of aryl methyl sites for hydroxylation is 2. The first-order valence-electron chi connectivity index (χ1n) is 5.26. The molecule has 0 aliphatic heterocycles. The molecule has 0 saturated heterocycles. The normalized spacial score (nSPS) is 11.2. The van der Waals surface area contributed by atoms with E-state index in [1.807, 2.05) is 0 Å². The molecule has 3 aromatic heterocycles. The minimum Gasteiger partial charge on any atom is -0.369 e. The Labute approximate surface area is 107 Å². The van der Waals surface area contributed by atoms with E-state index in [0.717, 1.165) is 0 Å². The lowest BCUT2D eigenvalue weighted by Gasteiger charge is -2.03. The van der Waals surface area contributed by atoms with Crippen molar-refractivity contribution in [1.29, 1.82) is 0 Å². The third-order valence-corrected chi connectivity index (χ3v) is 2.75. The van der Waals surface area contributed by atoms with E-state index in [0.29, 0.717) is 40.9 Å². The molecule has 2 N–H and O–H groups in total. The zero-order chi connectivity index (χ0) is 12.5. The van der Waals surface area contributed by atoms with Crippen molar-refractivity contribution in [3.05, 3.63) is 29.5 Å². The molecule has 0 fully saturated rings. The van der Waals surface area contributed by atoms with Crippen LogP contribution >= 0.6 is 11.6 Å². The number of pyridine rings is 1. The average molecular weight is 265 g/mol. The van der Waals surface area contributed by atoms with Gasteiger partial charge in [-0.25, -0.2) is 9.97 Å². The zero-order valence-corrected chi connectivity index (χ0v) is 10.0. The molecule has 0 unspecified atom stereocenters. The molecular weight excluding hydrogens is 256 g/mol. The molecule has 8 heteroatoms. The molecule has 92 valence electrons. The van der Waals surface area contributed by atoms with E-state index in [4.69, 9.17) is 17.3 Å². The van der Waals surface area contributed by atoms with Crippen molar-refractivity contribution in [2.45, 2.75) is 13.0 Å². The first kappa shape index (κ1) is 11.0. The lowest BCUT2D eigenvalue weighted by molar-refractivity contribution is 0.408. The number of hydrogen-bond acceptors (Lipinski definition) is 6. The number of nitrogen functional groups attached to an aromatic ring is 1. The Morgan fingerprint density at radius 3 is 3.06 bits per heavy atom. The van der Waals surface area contributed by atoms with Gasteiger partial charge in [0.05, 0.1) is 5.02 Å². The standard InChI is InChI=1S/C10H9ClN6O/c11-6-3-7-9(13-4-6)17(10(12)15-7)2-1-8-14-5-18-16-8/h3-5H,1-2H2,(H2,12,15). The molecule has 0 atom stereocenters. The van der Waals surface area contributed by atoms with Gasteiger partial charge in [-0.3, -0.25) is 4.57 Å². The summed E-state index contributed by atoms with van der Waals surface area (Å²) in [6.07, 6.45) is 3.45. The first-order chi connectivity index (χ1) is 8.74. The number of imidazole rings is 1. The Hall–Kier alpha value is -2.15. The van der Waals surface area contributed by atoms with Crippen LogP contribution in [0, 0.1) is 0 Å². The second-order valence-electron chi connectivity index (χ2n) is 3.72. The fourth-order valence-electron chi connectivity index (χ4n) is 1.74. The van der Waals surface area contributed by atoms with Gasteiger partial charge in [0.25, 0.3) is 0 Å². The minimum absolute atomic E-state index is 0.392. The highest BCUT2D eigenvalue weighted by atomic mass is 35.5. The maximum atomic E-state index is 5.85. The van der Waals surface area contributed by atoms with E-state index in [-0.39, 0.29) is 0 Å². The second kappa shape index (κ2) is 4.26. The maximum absolute atomic E-state index is 5.85. The number of nitrogens with zero attached hydrogens (tertiary/aromatic N) is 5. The van der Waals surface area contributed by atoms with Crippen molar-refractivity contribution in [3.8, 4) is 0 Å². The predicted octanol–water partition coefficient (Wildman–Crippen LogP) is 1.29.